The molecule has 2 N–H and O–H groups in total. The number of H-pyrrole nitrogens is 1. The summed E-state index contributed by atoms with van der Waals surface area (Å²) in [7, 11) is 1.61. The van der Waals surface area contributed by atoms with Crippen LogP contribution < -0.4 is 15.8 Å². The number of nitrogens with zero attached hydrogens (tertiary/aromatic N) is 4. The number of amides is 1. The van der Waals surface area contributed by atoms with Crippen molar-refractivity contribution in [3.63, 3.8) is 0 Å². The van der Waals surface area contributed by atoms with E-state index < -0.39 is 0 Å². The average molecular weight is 435 g/mol. The number of pyridine rings is 1. The second kappa shape index (κ2) is 8.43. The molecule has 168 valence electrons. The fourth-order valence-electron chi connectivity index (χ4n) is 5.18. The van der Waals surface area contributed by atoms with Crippen molar-refractivity contribution < 1.29 is 4.79 Å². The highest BCUT2D eigenvalue weighted by molar-refractivity contribution is 5.92. The Kier molecular flexibility index (Phi) is 5.46. The van der Waals surface area contributed by atoms with E-state index in [1.165, 1.54) is 0 Å². The molecule has 0 radical (unpaired) electrons. The van der Waals surface area contributed by atoms with E-state index in [-0.39, 0.29) is 11.5 Å². The second-order valence-electron chi connectivity index (χ2n) is 8.95. The van der Waals surface area contributed by atoms with E-state index in [1.54, 1.807) is 19.3 Å². The van der Waals surface area contributed by atoms with Crippen molar-refractivity contribution in [3.05, 3.63) is 64.1 Å². The molecular formula is C24H30N6O2. The molecular weight excluding hydrogens is 404 g/mol. The van der Waals surface area contributed by atoms with Crippen molar-refractivity contribution in [2.45, 2.75) is 38.1 Å². The highest BCUT2D eigenvalue weighted by Crippen LogP contribution is 2.31. The van der Waals surface area contributed by atoms with E-state index in [1.807, 2.05) is 29.5 Å². The minimum Gasteiger partial charge on any atom is -0.370 e. The zero-order chi connectivity index (χ0) is 22.2. The topological polar surface area (TPSA) is 85.7 Å². The molecule has 2 fully saturated rings. The molecule has 5 rings (SSSR count). The highest BCUT2D eigenvalue weighted by Gasteiger charge is 2.32. The van der Waals surface area contributed by atoms with Crippen molar-refractivity contribution in [2.75, 3.05) is 38.1 Å². The number of aromatic amines is 1. The summed E-state index contributed by atoms with van der Waals surface area (Å²) in [6.07, 6.45) is 7.20. The van der Waals surface area contributed by atoms with Crippen LogP contribution in [0.1, 0.15) is 47.1 Å². The van der Waals surface area contributed by atoms with Crippen LogP contribution in [-0.4, -0.2) is 64.4 Å². The van der Waals surface area contributed by atoms with Crippen molar-refractivity contribution in [3.8, 4) is 0 Å². The smallest absolute Gasteiger partial charge is 0.272 e. The third-order valence-corrected chi connectivity index (χ3v) is 7.09. The minimum absolute atomic E-state index is 0.00148. The number of nitrogens with one attached hydrogen (secondary N) is 2. The van der Waals surface area contributed by atoms with E-state index in [0.717, 1.165) is 62.5 Å². The monoisotopic (exact) mass is 434 g/mol. The van der Waals surface area contributed by atoms with E-state index in [4.69, 9.17) is 0 Å². The molecule has 0 aliphatic carbocycles. The molecule has 8 nitrogen and oxygen atoms in total. The fourth-order valence-corrected chi connectivity index (χ4v) is 5.18. The highest BCUT2D eigenvalue weighted by atomic mass is 16.1. The Bertz CT molecular complexity index is 1170. The van der Waals surface area contributed by atoms with Gasteiger partial charge in [0.25, 0.3) is 11.5 Å². The lowest BCUT2D eigenvalue weighted by molar-refractivity contribution is 0.0958. The minimum atomic E-state index is -0.161. The van der Waals surface area contributed by atoms with Gasteiger partial charge in [-0.05, 0) is 57.0 Å². The van der Waals surface area contributed by atoms with Crippen LogP contribution in [-0.2, 0) is 0 Å². The molecule has 0 saturated carbocycles. The van der Waals surface area contributed by atoms with Gasteiger partial charge in [0.1, 0.15) is 11.2 Å². The summed E-state index contributed by atoms with van der Waals surface area (Å²) in [6, 6.07) is 8.21. The summed E-state index contributed by atoms with van der Waals surface area (Å²) in [5.74, 6) is 0.208. The predicted octanol–water partition coefficient (Wildman–Crippen LogP) is 2.15. The molecule has 5 heterocycles. The fraction of sp³-hybridized carbons (Fsp3) is 0.458. The first kappa shape index (κ1) is 20.8. The lowest BCUT2D eigenvalue weighted by Crippen LogP contribution is -2.44. The standard InChI is InChI=1S/C24H30N6O2/c1-16-3-6-22-24(32)27-21(15-30(16)22)17-7-10-29(14-17)18-8-11-28(12-9-18)19-4-5-20(26-13-19)23(31)25-2/h3-6,13,15,17-18H,7-12,14H2,1-2H3,(H,25,31)(H,27,32). The van der Waals surface area contributed by atoms with Gasteiger partial charge in [-0.3, -0.25) is 14.5 Å². The Labute approximate surface area is 187 Å². The van der Waals surface area contributed by atoms with Crippen molar-refractivity contribution in [2.24, 2.45) is 0 Å². The number of carbonyl (C=O) groups excluding carboxylic acids is 1. The number of hydrogen-bond donors (Lipinski definition) is 2. The molecule has 1 atom stereocenters. The maximum absolute atomic E-state index is 12.5. The second-order valence-corrected chi connectivity index (χ2v) is 8.95. The van der Waals surface area contributed by atoms with Crippen LogP contribution in [0.2, 0.25) is 0 Å². The molecule has 2 aliphatic heterocycles. The van der Waals surface area contributed by atoms with Gasteiger partial charge in [-0.25, -0.2) is 4.98 Å². The summed E-state index contributed by atoms with van der Waals surface area (Å²) in [5, 5.41) is 2.60. The lowest BCUT2D eigenvalue weighted by atomic mass is 10.0. The summed E-state index contributed by atoms with van der Waals surface area (Å²) in [6.45, 7) is 6.07. The molecule has 1 amide bonds. The third-order valence-electron chi connectivity index (χ3n) is 7.09. The number of likely N-dealkylation sites (tertiary alicyclic amines) is 1. The van der Waals surface area contributed by atoms with Crippen LogP contribution in [0, 0.1) is 6.92 Å². The molecule has 3 aromatic rings. The molecule has 2 aliphatic rings. The number of carbonyl (C=O) groups is 1. The summed E-state index contributed by atoms with van der Waals surface area (Å²) < 4.78 is 2.01. The molecule has 3 aromatic heterocycles. The number of rotatable bonds is 4. The first-order valence-corrected chi connectivity index (χ1v) is 11.4. The van der Waals surface area contributed by atoms with Crippen LogP contribution in [0.3, 0.4) is 0 Å². The van der Waals surface area contributed by atoms with Crippen LogP contribution in [0.5, 0.6) is 0 Å². The summed E-state index contributed by atoms with van der Waals surface area (Å²) in [5.41, 5.74) is 4.37. The van der Waals surface area contributed by atoms with Crippen molar-refractivity contribution >= 4 is 17.1 Å². The van der Waals surface area contributed by atoms with Gasteiger partial charge in [0.15, 0.2) is 0 Å². The third kappa shape index (κ3) is 3.79. The van der Waals surface area contributed by atoms with Crippen molar-refractivity contribution in [1.82, 2.24) is 24.6 Å². The molecule has 2 saturated heterocycles. The Balaban J connectivity index is 1.21. The Morgan fingerprint density at radius 1 is 1.12 bits per heavy atom. The molecule has 8 heteroatoms. The SMILES string of the molecule is CNC(=O)c1ccc(N2CCC(N3CCC(c4cn5c(C)ccc5c(=O)[nH]4)C3)CC2)cn1. The molecule has 1 unspecified atom stereocenters. The van der Waals surface area contributed by atoms with Crippen LogP contribution in [0.15, 0.2) is 41.5 Å². The Morgan fingerprint density at radius 2 is 1.94 bits per heavy atom. The van der Waals surface area contributed by atoms with E-state index in [2.05, 4.69) is 31.3 Å². The van der Waals surface area contributed by atoms with E-state index in [0.29, 0.717) is 23.2 Å². The largest absolute Gasteiger partial charge is 0.370 e. The summed E-state index contributed by atoms with van der Waals surface area (Å²) >= 11 is 0. The van der Waals surface area contributed by atoms with Crippen molar-refractivity contribution in [1.29, 1.82) is 0 Å². The first-order valence-electron chi connectivity index (χ1n) is 11.4. The molecule has 32 heavy (non-hydrogen) atoms. The Hall–Kier alpha value is -3.13. The van der Waals surface area contributed by atoms with E-state index >= 15 is 0 Å². The van der Waals surface area contributed by atoms with Gasteiger partial charge in [-0.1, -0.05) is 0 Å². The number of hydrogen-bond acceptors (Lipinski definition) is 5. The Morgan fingerprint density at radius 3 is 2.66 bits per heavy atom. The molecule has 0 spiro atoms. The van der Waals surface area contributed by atoms with Crippen LogP contribution >= 0.6 is 0 Å². The average Bonchev–Trinajstić information content (AvgIpc) is 3.47. The number of piperidine rings is 1. The number of aryl methyl sites for hydroxylation is 1. The maximum atomic E-state index is 12.5. The first-order chi connectivity index (χ1) is 15.5. The zero-order valence-corrected chi connectivity index (χ0v) is 18.7. The quantitative estimate of drug-likeness (QED) is 0.657. The maximum Gasteiger partial charge on any atom is 0.272 e. The molecule has 0 bridgehead atoms. The van der Waals surface area contributed by atoms with Gasteiger partial charge >= 0.3 is 0 Å². The van der Waals surface area contributed by atoms with Gasteiger partial charge in [-0.2, -0.15) is 0 Å². The van der Waals surface area contributed by atoms with E-state index in [9.17, 15) is 9.59 Å². The van der Waals surface area contributed by atoms with Crippen LogP contribution in [0.4, 0.5) is 5.69 Å². The predicted molar refractivity (Wildman–Crippen MR) is 125 cm³/mol. The number of anilines is 1. The van der Waals surface area contributed by atoms with Gasteiger partial charge in [0.05, 0.1) is 11.9 Å². The lowest BCUT2D eigenvalue weighted by Gasteiger charge is -2.37. The van der Waals surface area contributed by atoms with Gasteiger partial charge in [-0.15, -0.1) is 0 Å². The van der Waals surface area contributed by atoms with Gasteiger partial charge in [0, 0.05) is 56.2 Å². The summed E-state index contributed by atoms with van der Waals surface area (Å²) in [4.78, 5) is 36.5. The van der Waals surface area contributed by atoms with Gasteiger partial charge < -0.3 is 19.6 Å². The van der Waals surface area contributed by atoms with Crippen LogP contribution in [0.25, 0.3) is 5.52 Å². The normalized spacial score (nSPS) is 20.2. The number of aromatic nitrogens is 3. The number of fused-ring (bicyclic) bond motifs is 1. The van der Waals surface area contributed by atoms with Gasteiger partial charge in [0.2, 0.25) is 0 Å². The zero-order valence-electron chi connectivity index (χ0n) is 18.7. The molecule has 0 aromatic carbocycles.